The number of carbonyl (C=O) groups excluding carboxylic acids is 1. The Morgan fingerprint density at radius 1 is 1.24 bits per heavy atom. The maximum Gasteiger partial charge on any atom is 0.252 e. The molecule has 21 heavy (non-hydrogen) atoms. The lowest BCUT2D eigenvalue weighted by atomic mass is 9.69. The van der Waals surface area contributed by atoms with E-state index < -0.39 is 0 Å². The first kappa shape index (κ1) is 16.5. The molecule has 2 atom stereocenters. The van der Waals surface area contributed by atoms with Gasteiger partial charge in [0.05, 0.1) is 5.56 Å². The number of amides is 1. The molecule has 2 nitrogen and oxygen atoms in total. The van der Waals surface area contributed by atoms with Crippen molar-refractivity contribution in [1.29, 1.82) is 0 Å². The Morgan fingerprint density at radius 2 is 1.90 bits per heavy atom. The number of aryl methyl sites for hydroxylation is 1. The molecule has 1 saturated carbocycles. The molecule has 1 aliphatic rings. The van der Waals surface area contributed by atoms with Crippen molar-refractivity contribution in [2.45, 2.75) is 59.4 Å². The zero-order chi connectivity index (χ0) is 15.6. The summed E-state index contributed by atoms with van der Waals surface area (Å²) in [4.78, 5) is 12.6. The van der Waals surface area contributed by atoms with E-state index in [1.165, 1.54) is 19.3 Å². The molecule has 116 valence electrons. The number of benzene rings is 1. The molecule has 0 heterocycles. The van der Waals surface area contributed by atoms with Gasteiger partial charge in [0, 0.05) is 10.5 Å². The molecule has 2 rings (SSSR count). The molecule has 0 aliphatic heterocycles. The lowest BCUT2D eigenvalue weighted by Crippen LogP contribution is -2.46. The zero-order valence-electron chi connectivity index (χ0n) is 13.5. The molecule has 1 aliphatic carbocycles. The molecular weight excluding hydrogens is 326 g/mol. The highest BCUT2D eigenvalue weighted by atomic mass is 79.9. The van der Waals surface area contributed by atoms with Crippen molar-refractivity contribution in [3.8, 4) is 0 Å². The third kappa shape index (κ3) is 4.09. The number of nitrogens with one attached hydrogen (secondary N) is 1. The van der Waals surface area contributed by atoms with Gasteiger partial charge in [0.1, 0.15) is 0 Å². The molecule has 0 aromatic heterocycles. The van der Waals surface area contributed by atoms with Crippen LogP contribution in [0.3, 0.4) is 0 Å². The Kier molecular flexibility index (Phi) is 5.13. The predicted molar refractivity (Wildman–Crippen MR) is 91.5 cm³/mol. The Bertz CT molecular complexity index is 518. The standard InChI is InChI=1S/C18H26BrNO/c1-12-9-10-15(19)13(11-12)17(21)20-16-8-6-5-7-14(16)18(2,3)4/h9-11,14,16H,5-8H2,1-4H3,(H,20,21). The number of hydrogen-bond acceptors (Lipinski definition) is 1. The molecule has 1 aromatic rings. The van der Waals surface area contributed by atoms with E-state index in [0.29, 0.717) is 12.0 Å². The van der Waals surface area contributed by atoms with Gasteiger partial charge in [-0.2, -0.15) is 0 Å². The predicted octanol–water partition coefficient (Wildman–Crippen LogP) is 5.09. The summed E-state index contributed by atoms with van der Waals surface area (Å²) in [5.74, 6) is 0.602. The normalized spacial score (nSPS) is 22.9. The Hall–Kier alpha value is -0.830. The molecule has 2 unspecified atom stereocenters. The molecular formula is C18H26BrNO. The van der Waals surface area contributed by atoms with Crippen LogP contribution in [-0.2, 0) is 0 Å². The van der Waals surface area contributed by atoms with Crippen molar-refractivity contribution in [1.82, 2.24) is 5.32 Å². The summed E-state index contributed by atoms with van der Waals surface area (Å²) in [7, 11) is 0. The highest BCUT2D eigenvalue weighted by molar-refractivity contribution is 9.10. The number of halogens is 1. The van der Waals surface area contributed by atoms with E-state index >= 15 is 0 Å². The quantitative estimate of drug-likeness (QED) is 0.789. The van der Waals surface area contributed by atoms with Crippen LogP contribution in [0.2, 0.25) is 0 Å². The van der Waals surface area contributed by atoms with Gasteiger partial charge in [-0.3, -0.25) is 4.79 Å². The molecule has 1 aromatic carbocycles. The first-order valence-electron chi connectivity index (χ1n) is 7.86. The lowest BCUT2D eigenvalue weighted by Gasteiger charge is -2.40. The minimum Gasteiger partial charge on any atom is -0.349 e. The monoisotopic (exact) mass is 351 g/mol. The number of carbonyl (C=O) groups is 1. The van der Waals surface area contributed by atoms with Gasteiger partial charge in [0.2, 0.25) is 0 Å². The van der Waals surface area contributed by atoms with Gasteiger partial charge < -0.3 is 5.32 Å². The fraction of sp³-hybridized carbons (Fsp3) is 0.611. The fourth-order valence-corrected chi connectivity index (χ4v) is 3.83. The molecule has 1 amide bonds. The molecule has 0 bridgehead atoms. The van der Waals surface area contributed by atoms with Crippen LogP contribution in [0.1, 0.15) is 62.4 Å². The molecule has 0 spiro atoms. The topological polar surface area (TPSA) is 29.1 Å². The van der Waals surface area contributed by atoms with E-state index in [1.807, 2.05) is 25.1 Å². The smallest absolute Gasteiger partial charge is 0.252 e. The zero-order valence-corrected chi connectivity index (χ0v) is 15.1. The van der Waals surface area contributed by atoms with Gasteiger partial charge in [-0.1, -0.05) is 45.2 Å². The summed E-state index contributed by atoms with van der Waals surface area (Å²) in [5.41, 5.74) is 2.09. The molecule has 0 radical (unpaired) electrons. The van der Waals surface area contributed by atoms with Crippen LogP contribution >= 0.6 is 15.9 Å². The van der Waals surface area contributed by atoms with Crippen LogP contribution < -0.4 is 5.32 Å². The summed E-state index contributed by atoms with van der Waals surface area (Å²) in [6, 6.07) is 6.21. The number of hydrogen-bond donors (Lipinski definition) is 1. The fourth-order valence-electron chi connectivity index (χ4n) is 3.40. The van der Waals surface area contributed by atoms with Gasteiger partial charge in [-0.15, -0.1) is 0 Å². The van der Waals surface area contributed by atoms with E-state index in [4.69, 9.17) is 0 Å². The second-order valence-electron chi connectivity index (χ2n) is 7.32. The van der Waals surface area contributed by atoms with Gasteiger partial charge >= 0.3 is 0 Å². The van der Waals surface area contributed by atoms with Crippen molar-refractivity contribution in [2.75, 3.05) is 0 Å². The highest BCUT2D eigenvalue weighted by Crippen LogP contribution is 2.38. The van der Waals surface area contributed by atoms with Crippen molar-refractivity contribution in [2.24, 2.45) is 11.3 Å². The first-order chi connectivity index (χ1) is 9.79. The Balaban J connectivity index is 2.15. The minimum absolute atomic E-state index is 0.0479. The minimum atomic E-state index is 0.0479. The third-order valence-corrected chi connectivity index (χ3v) is 5.25. The number of rotatable bonds is 2. The highest BCUT2D eigenvalue weighted by Gasteiger charge is 2.35. The van der Waals surface area contributed by atoms with E-state index in [0.717, 1.165) is 22.0 Å². The van der Waals surface area contributed by atoms with Crippen LogP contribution in [-0.4, -0.2) is 11.9 Å². The summed E-state index contributed by atoms with van der Waals surface area (Å²) in [5, 5.41) is 3.29. The van der Waals surface area contributed by atoms with Gasteiger partial charge in [-0.25, -0.2) is 0 Å². The summed E-state index contributed by atoms with van der Waals surface area (Å²) in [6.07, 6.45) is 4.80. The Morgan fingerprint density at radius 3 is 2.57 bits per heavy atom. The van der Waals surface area contributed by atoms with E-state index in [2.05, 4.69) is 42.0 Å². The first-order valence-corrected chi connectivity index (χ1v) is 8.65. The van der Waals surface area contributed by atoms with Crippen LogP contribution in [0.4, 0.5) is 0 Å². The van der Waals surface area contributed by atoms with Crippen LogP contribution in [0, 0.1) is 18.3 Å². The van der Waals surface area contributed by atoms with Crippen molar-refractivity contribution in [3.05, 3.63) is 33.8 Å². The SMILES string of the molecule is Cc1ccc(Br)c(C(=O)NC2CCCCC2C(C)(C)C)c1. The molecule has 3 heteroatoms. The van der Waals surface area contributed by atoms with Gasteiger partial charge in [0.25, 0.3) is 5.91 Å². The lowest BCUT2D eigenvalue weighted by molar-refractivity contribution is 0.0829. The molecule has 1 fully saturated rings. The van der Waals surface area contributed by atoms with Crippen LogP contribution in [0.25, 0.3) is 0 Å². The van der Waals surface area contributed by atoms with E-state index in [-0.39, 0.29) is 11.3 Å². The van der Waals surface area contributed by atoms with Crippen molar-refractivity contribution in [3.63, 3.8) is 0 Å². The average molecular weight is 352 g/mol. The average Bonchev–Trinajstić information content (AvgIpc) is 2.41. The Labute approximate surface area is 136 Å². The summed E-state index contributed by atoms with van der Waals surface area (Å²) in [6.45, 7) is 8.86. The second kappa shape index (κ2) is 6.51. The molecule has 1 N–H and O–H groups in total. The van der Waals surface area contributed by atoms with Crippen LogP contribution in [0.5, 0.6) is 0 Å². The summed E-state index contributed by atoms with van der Waals surface area (Å²) < 4.78 is 0.869. The third-order valence-electron chi connectivity index (χ3n) is 4.56. The summed E-state index contributed by atoms with van der Waals surface area (Å²) >= 11 is 3.49. The maximum absolute atomic E-state index is 12.6. The van der Waals surface area contributed by atoms with Crippen LogP contribution in [0.15, 0.2) is 22.7 Å². The maximum atomic E-state index is 12.6. The molecule has 0 saturated heterocycles. The van der Waals surface area contributed by atoms with Crippen molar-refractivity contribution < 1.29 is 4.79 Å². The van der Waals surface area contributed by atoms with E-state index in [1.54, 1.807) is 0 Å². The van der Waals surface area contributed by atoms with E-state index in [9.17, 15) is 4.79 Å². The largest absolute Gasteiger partial charge is 0.349 e. The van der Waals surface area contributed by atoms with Crippen molar-refractivity contribution >= 4 is 21.8 Å². The van der Waals surface area contributed by atoms with Gasteiger partial charge in [0.15, 0.2) is 0 Å². The van der Waals surface area contributed by atoms with Gasteiger partial charge in [-0.05, 0) is 59.2 Å². The second-order valence-corrected chi connectivity index (χ2v) is 8.17.